The third-order valence-electron chi connectivity index (χ3n) is 3.01. The maximum atomic E-state index is 11.9. The number of carbonyl (C=O) groups excluding carboxylic acids is 2. The van der Waals surface area contributed by atoms with Crippen molar-refractivity contribution in [2.45, 2.75) is 13.0 Å². The molecule has 1 atom stereocenters. The minimum Gasteiger partial charge on any atom is -0.449 e. The van der Waals surface area contributed by atoms with Crippen LogP contribution in [0.1, 0.15) is 17.3 Å². The normalized spacial score (nSPS) is 11.3. The van der Waals surface area contributed by atoms with E-state index in [4.69, 9.17) is 4.74 Å². The Labute approximate surface area is 132 Å². The van der Waals surface area contributed by atoms with Gasteiger partial charge in [0, 0.05) is 17.8 Å². The zero-order valence-corrected chi connectivity index (χ0v) is 12.3. The second kappa shape index (κ2) is 7.17. The lowest BCUT2D eigenvalue weighted by atomic mass is 10.2. The van der Waals surface area contributed by atoms with Gasteiger partial charge in [-0.3, -0.25) is 14.9 Å². The molecule has 0 bridgehead atoms. The molecule has 0 spiro atoms. The minimum atomic E-state index is -1.00. The molecule has 2 aromatic rings. The van der Waals surface area contributed by atoms with Gasteiger partial charge in [-0.15, -0.1) is 0 Å². The molecule has 7 nitrogen and oxygen atoms in total. The van der Waals surface area contributed by atoms with E-state index < -0.39 is 22.9 Å². The molecule has 0 aliphatic carbocycles. The highest BCUT2D eigenvalue weighted by Crippen LogP contribution is 2.14. The number of nitrogens with one attached hydrogen (secondary N) is 1. The Hall–Kier alpha value is -3.22. The van der Waals surface area contributed by atoms with Gasteiger partial charge in [0.25, 0.3) is 11.6 Å². The summed E-state index contributed by atoms with van der Waals surface area (Å²) in [5.74, 6) is -1.19. The van der Waals surface area contributed by atoms with E-state index in [0.29, 0.717) is 5.69 Å². The van der Waals surface area contributed by atoms with Crippen molar-refractivity contribution in [1.82, 2.24) is 0 Å². The number of benzene rings is 2. The van der Waals surface area contributed by atoms with Crippen LogP contribution in [0.15, 0.2) is 54.6 Å². The summed E-state index contributed by atoms with van der Waals surface area (Å²) in [5.41, 5.74) is 0.599. The number of nitrogens with zero attached hydrogens (tertiary/aromatic N) is 1. The van der Waals surface area contributed by atoms with Crippen LogP contribution >= 0.6 is 0 Å². The number of anilines is 1. The van der Waals surface area contributed by atoms with Crippen LogP contribution in [0.4, 0.5) is 11.4 Å². The Morgan fingerprint density at radius 3 is 2.26 bits per heavy atom. The summed E-state index contributed by atoms with van der Waals surface area (Å²) in [4.78, 5) is 33.9. The summed E-state index contributed by atoms with van der Waals surface area (Å²) in [5, 5.41) is 13.2. The maximum absolute atomic E-state index is 11.9. The van der Waals surface area contributed by atoms with Gasteiger partial charge in [-0.2, -0.15) is 0 Å². The van der Waals surface area contributed by atoms with Crippen molar-refractivity contribution in [3.8, 4) is 0 Å². The first-order valence-corrected chi connectivity index (χ1v) is 6.78. The molecule has 0 unspecified atom stereocenters. The second-order valence-corrected chi connectivity index (χ2v) is 4.71. The summed E-state index contributed by atoms with van der Waals surface area (Å²) < 4.78 is 5.05. The first-order valence-electron chi connectivity index (χ1n) is 6.78. The summed E-state index contributed by atoms with van der Waals surface area (Å²) in [7, 11) is 0. The molecule has 2 aromatic carbocycles. The van der Waals surface area contributed by atoms with Crippen LogP contribution in [0.5, 0.6) is 0 Å². The van der Waals surface area contributed by atoms with E-state index in [1.165, 1.54) is 31.2 Å². The fraction of sp³-hybridized carbons (Fsp3) is 0.125. The average molecular weight is 314 g/mol. The second-order valence-electron chi connectivity index (χ2n) is 4.71. The maximum Gasteiger partial charge on any atom is 0.338 e. The number of amides is 1. The summed E-state index contributed by atoms with van der Waals surface area (Å²) in [6.45, 7) is 1.45. The van der Waals surface area contributed by atoms with Crippen molar-refractivity contribution in [3.05, 3.63) is 70.3 Å². The molecule has 1 N–H and O–H groups in total. The minimum absolute atomic E-state index is 0.128. The van der Waals surface area contributed by atoms with E-state index in [1.807, 2.05) is 6.07 Å². The number of rotatable bonds is 5. The molecule has 0 aromatic heterocycles. The van der Waals surface area contributed by atoms with Crippen LogP contribution in [0, 0.1) is 10.1 Å². The molecule has 118 valence electrons. The molecule has 0 aliphatic heterocycles. The van der Waals surface area contributed by atoms with Crippen molar-refractivity contribution in [1.29, 1.82) is 0 Å². The van der Waals surface area contributed by atoms with Gasteiger partial charge < -0.3 is 10.1 Å². The number of ether oxygens (including phenoxy) is 1. The van der Waals surface area contributed by atoms with Gasteiger partial charge >= 0.3 is 5.97 Å². The lowest BCUT2D eigenvalue weighted by molar-refractivity contribution is -0.384. The van der Waals surface area contributed by atoms with Gasteiger partial charge in [0.2, 0.25) is 0 Å². The summed E-state index contributed by atoms with van der Waals surface area (Å²) in [6, 6.07) is 13.7. The van der Waals surface area contributed by atoms with Crippen LogP contribution in [-0.4, -0.2) is 22.9 Å². The van der Waals surface area contributed by atoms with Crippen LogP contribution in [-0.2, 0) is 9.53 Å². The molecule has 0 heterocycles. The number of hydrogen-bond donors (Lipinski definition) is 1. The highest BCUT2D eigenvalue weighted by atomic mass is 16.6. The predicted octanol–water partition coefficient (Wildman–Crippen LogP) is 2.78. The molecule has 23 heavy (non-hydrogen) atoms. The van der Waals surface area contributed by atoms with Gasteiger partial charge in [0.05, 0.1) is 10.5 Å². The first-order chi connectivity index (χ1) is 11.0. The Kier molecular flexibility index (Phi) is 5.03. The monoisotopic (exact) mass is 314 g/mol. The smallest absolute Gasteiger partial charge is 0.338 e. The standard InChI is InChI=1S/C16H14N2O5/c1-11(15(19)17-13-5-3-2-4-6-13)23-16(20)12-7-9-14(10-8-12)18(21)22/h2-11H,1H3,(H,17,19)/t11-/m1/s1. The van der Waals surface area contributed by atoms with E-state index in [9.17, 15) is 19.7 Å². The Balaban J connectivity index is 1.96. The van der Waals surface area contributed by atoms with Crippen LogP contribution in [0.25, 0.3) is 0 Å². The van der Waals surface area contributed by atoms with Crippen LogP contribution in [0.3, 0.4) is 0 Å². The Morgan fingerprint density at radius 1 is 1.09 bits per heavy atom. The van der Waals surface area contributed by atoms with E-state index in [2.05, 4.69) is 5.32 Å². The van der Waals surface area contributed by atoms with Crippen molar-refractivity contribution < 1.29 is 19.2 Å². The van der Waals surface area contributed by atoms with Crippen molar-refractivity contribution in [2.24, 2.45) is 0 Å². The Morgan fingerprint density at radius 2 is 1.70 bits per heavy atom. The third-order valence-corrected chi connectivity index (χ3v) is 3.01. The molecule has 0 saturated heterocycles. The zero-order valence-electron chi connectivity index (χ0n) is 12.3. The quantitative estimate of drug-likeness (QED) is 0.520. The van der Waals surface area contributed by atoms with E-state index in [-0.39, 0.29) is 11.3 Å². The summed E-state index contributed by atoms with van der Waals surface area (Å²) in [6.07, 6.45) is -1.00. The third kappa shape index (κ3) is 4.37. The van der Waals surface area contributed by atoms with Gasteiger partial charge in [0.1, 0.15) is 0 Å². The highest BCUT2D eigenvalue weighted by molar-refractivity contribution is 5.97. The number of nitro benzene ring substituents is 1. The van der Waals surface area contributed by atoms with E-state index >= 15 is 0 Å². The summed E-state index contributed by atoms with van der Waals surface area (Å²) >= 11 is 0. The van der Waals surface area contributed by atoms with Crippen molar-refractivity contribution in [3.63, 3.8) is 0 Å². The number of nitro groups is 1. The molecule has 0 radical (unpaired) electrons. The molecular weight excluding hydrogens is 300 g/mol. The Bertz CT molecular complexity index is 713. The fourth-order valence-corrected chi connectivity index (χ4v) is 1.77. The van der Waals surface area contributed by atoms with Gasteiger partial charge in [0.15, 0.2) is 6.10 Å². The largest absolute Gasteiger partial charge is 0.449 e. The van der Waals surface area contributed by atoms with Gasteiger partial charge in [-0.25, -0.2) is 4.79 Å². The van der Waals surface area contributed by atoms with Gasteiger partial charge in [-0.1, -0.05) is 18.2 Å². The van der Waals surface area contributed by atoms with E-state index in [1.54, 1.807) is 24.3 Å². The lowest BCUT2D eigenvalue weighted by Crippen LogP contribution is -2.29. The molecular formula is C16H14N2O5. The predicted molar refractivity (Wildman–Crippen MR) is 83.0 cm³/mol. The van der Waals surface area contributed by atoms with E-state index in [0.717, 1.165) is 0 Å². The molecule has 0 aliphatic rings. The molecule has 0 saturated carbocycles. The lowest BCUT2D eigenvalue weighted by Gasteiger charge is -2.13. The molecule has 1 amide bonds. The number of esters is 1. The number of non-ortho nitro benzene ring substituents is 1. The molecule has 2 rings (SSSR count). The topological polar surface area (TPSA) is 98.5 Å². The van der Waals surface area contributed by atoms with Crippen LogP contribution in [0.2, 0.25) is 0 Å². The fourth-order valence-electron chi connectivity index (χ4n) is 1.77. The SMILES string of the molecule is C[C@@H](OC(=O)c1ccc([N+](=O)[O-])cc1)C(=O)Nc1ccccc1. The average Bonchev–Trinajstić information content (AvgIpc) is 2.55. The van der Waals surface area contributed by atoms with Crippen LogP contribution < -0.4 is 5.32 Å². The first kappa shape index (κ1) is 16.2. The highest BCUT2D eigenvalue weighted by Gasteiger charge is 2.19. The zero-order chi connectivity index (χ0) is 16.8. The molecule has 0 fully saturated rings. The molecule has 7 heteroatoms. The van der Waals surface area contributed by atoms with Gasteiger partial charge in [-0.05, 0) is 31.2 Å². The number of hydrogen-bond acceptors (Lipinski definition) is 5. The van der Waals surface area contributed by atoms with Crippen molar-refractivity contribution in [2.75, 3.05) is 5.32 Å². The number of para-hydroxylation sites is 1. The van der Waals surface area contributed by atoms with Crippen molar-refractivity contribution >= 4 is 23.3 Å². The number of carbonyl (C=O) groups is 2.